The van der Waals surface area contributed by atoms with Gasteiger partial charge in [-0.25, -0.2) is 0 Å². The van der Waals surface area contributed by atoms with Gasteiger partial charge in [0, 0.05) is 56.0 Å². The lowest BCUT2D eigenvalue weighted by atomic mass is 10.2. The zero-order chi connectivity index (χ0) is 19.0. The summed E-state index contributed by atoms with van der Waals surface area (Å²) in [6, 6.07) is 6.16. The molecule has 2 aliphatic rings. The molecule has 0 radical (unpaired) electrons. The molecule has 0 spiro atoms. The molecule has 6 heteroatoms. The molecule has 2 fully saturated rings. The topological polar surface area (TPSA) is 58.4 Å². The third kappa shape index (κ3) is 3.48. The number of aryl methyl sites for hydroxylation is 1. The smallest absolute Gasteiger partial charge is 0.255 e. The van der Waals surface area contributed by atoms with E-state index in [0.717, 1.165) is 17.7 Å². The summed E-state index contributed by atoms with van der Waals surface area (Å²) in [5, 5.41) is 0. The average Bonchev–Trinajstić information content (AvgIpc) is 3.49. The standard InChI is InChI=1S/C21H26N4O2/c1-15-13-19(16(2)25(15)18-6-7-18)21(27)24-10-4-9-23(11-12-24)20(26)17-5-3-8-22-14-17/h3,5,8,13-14,18H,4,6-7,9-12H2,1-2H3. The first-order valence-corrected chi connectivity index (χ1v) is 9.73. The van der Waals surface area contributed by atoms with Crippen LogP contribution in [0.3, 0.4) is 0 Å². The molecule has 2 amide bonds. The fourth-order valence-electron chi connectivity index (χ4n) is 4.05. The highest BCUT2D eigenvalue weighted by Crippen LogP contribution is 2.38. The van der Waals surface area contributed by atoms with E-state index in [9.17, 15) is 9.59 Å². The second-order valence-corrected chi connectivity index (χ2v) is 7.57. The Hall–Kier alpha value is -2.63. The average molecular weight is 366 g/mol. The van der Waals surface area contributed by atoms with Gasteiger partial charge in [0.15, 0.2) is 0 Å². The SMILES string of the molecule is Cc1cc(C(=O)N2CCCN(C(=O)c3cccnc3)CC2)c(C)n1C1CC1. The number of hydrogen-bond donors (Lipinski definition) is 0. The normalized spacial score (nSPS) is 17.7. The molecule has 0 atom stereocenters. The van der Waals surface area contributed by atoms with Gasteiger partial charge in [-0.05, 0) is 51.3 Å². The Labute approximate surface area is 159 Å². The third-order valence-electron chi connectivity index (χ3n) is 5.61. The summed E-state index contributed by atoms with van der Waals surface area (Å²) in [5.41, 5.74) is 3.66. The lowest BCUT2D eigenvalue weighted by Gasteiger charge is -2.22. The van der Waals surface area contributed by atoms with E-state index in [1.165, 1.54) is 18.5 Å². The minimum Gasteiger partial charge on any atom is -0.345 e. The Balaban J connectivity index is 1.46. The molecule has 6 nitrogen and oxygen atoms in total. The first-order valence-electron chi connectivity index (χ1n) is 9.73. The number of hydrogen-bond acceptors (Lipinski definition) is 3. The second-order valence-electron chi connectivity index (χ2n) is 7.57. The van der Waals surface area contributed by atoms with Gasteiger partial charge in [-0.1, -0.05) is 0 Å². The first kappa shape index (κ1) is 17.8. The number of carbonyl (C=O) groups is 2. The molecule has 0 bridgehead atoms. The van der Waals surface area contributed by atoms with Crippen molar-refractivity contribution in [1.29, 1.82) is 0 Å². The van der Waals surface area contributed by atoms with Gasteiger partial charge in [-0.15, -0.1) is 0 Å². The van der Waals surface area contributed by atoms with Crippen LogP contribution in [0.2, 0.25) is 0 Å². The van der Waals surface area contributed by atoms with E-state index in [-0.39, 0.29) is 11.8 Å². The zero-order valence-electron chi connectivity index (χ0n) is 16.0. The van der Waals surface area contributed by atoms with Gasteiger partial charge in [-0.3, -0.25) is 14.6 Å². The van der Waals surface area contributed by atoms with E-state index in [1.54, 1.807) is 24.5 Å². The molecule has 4 rings (SSSR count). The van der Waals surface area contributed by atoms with Crippen LogP contribution in [-0.2, 0) is 0 Å². The minimum absolute atomic E-state index is 0.00990. The molecule has 0 N–H and O–H groups in total. The number of rotatable bonds is 3. The second kappa shape index (κ2) is 7.18. The first-order chi connectivity index (χ1) is 13.1. The molecule has 2 aromatic heterocycles. The van der Waals surface area contributed by atoms with Gasteiger partial charge < -0.3 is 14.4 Å². The summed E-state index contributed by atoms with van der Waals surface area (Å²) in [7, 11) is 0. The predicted octanol–water partition coefficient (Wildman–Crippen LogP) is 2.82. The maximum Gasteiger partial charge on any atom is 0.255 e. The van der Waals surface area contributed by atoms with Gasteiger partial charge in [0.05, 0.1) is 11.1 Å². The van der Waals surface area contributed by atoms with Crippen LogP contribution in [0.4, 0.5) is 0 Å². The third-order valence-corrected chi connectivity index (χ3v) is 5.61. The van der Waals surface area contributed by atoms with Gasteiger partial charge >= 0.3 is 0 Å². The van der Waals surface area contributed by atoms with Gasteiger partial charge in [0.2, 0.25) is 0 Å². The van der Waals surface area contributed by atoms with Crippen LogP contribution < -0.4 is 0 Å². The van der Waals surface area contributed by atoms with E-state index >= 15 is 0 Å². The van der Waals surface area contributed by atoms with Crippen LogP contribution in [-0.4, -0.2) is 57.3 Å². The van der Waals surface area contributed by atoms with Crippen molar-refractivity contribution in [3.8, 4) is 0 Å². The highest BCUT2D eigenvalue weighted by molar-refractivity contribution is 5.96. The summed E-state index contributed by atoms with van der Waals surface area (Å²) in [4.78, 5) is 33.6. The van der Waals surface area contributed by atoms with Gasteiger partial charge in [-0.2, -0.15) is 0 Å². The van der Waals surface area contributed by atoms with Crippen LogP contribution in [0.5, 0.6) is 0 Å². The Kier molecular flexibility index (Phi) is 4.72. The summed E-state index contributed by atoms with van der Waals surface area (Å²) in [6.07, 6.45) is 6.47. The molecule has 1 aliphatic heterocycles. The number of pyridine rings is 1. The quantitative estimate of drug-likeness (QED) is 0.839. The molecule has 1 saturated carbocycles. The zero-order valence-corrected chi connectivity index (χ0v) is 16.0. The van der Waals surface area contributed by atoms with E-state index in [4.69, 9.17) is 0 Å². The van der Waals surface area contributed by atoms with Crippen molar-refractivity contribution in [2.75, 3.05) is 26.2 Å². The van der Waals surface area contributed by atoms with Crippen molar-refractivity contribution in [1.82, 2.24) is 19.4 Å². The van der Waals surface area contributed by atoms with Gasteiger partial charge in [0.25, 0.3) is 11.8 Å². The van der Waals surface area contributed by atoms with E-state index in [2.05, 4.69) is 23.4 Å². The van der Waals surface area contributed by atoms with Crippen molar-refractivity contribution in [2.24, 2.45) is 0 Å². The van der Waals surface area contributed by atoms with Crippen LogP contribution in [0.25, 0.3) is 0 Å². The molecule has 1 aliphatic carbocycles. The minimum atomic E-state index is -0.00990. The van der Waals surface area contributed by atoms with E-state index < -0.39 is 0 Å². The summed E-state index contributed by atoms with van der Waals surface area (Å²) in [6.45, 7) is 6.60. The predicted molar refractivity (Wildman–Crippen MR) is 103 cm³/mol. The van der Waals surface area contributed by atoms with Crippen LogP contribution in [0.15, 0.2) is 30.6 Å². The number of aromatic nitrogens is 2. The van der Waals surface area contributed by atoms with E-state index in [1.807, 2.05) is 15.9 Å². The van der Waals surface area contributed by atoms with Crippen molar-refractivity contribution in [3.63, 3.8) is 0 Å². The van der Waals surface area contributed by atoms with Crippen LogP contribution >= 0.6 is 0 Å². The lowest BCUT2D eigenvalue weighted by molar-refractivity contribution is 0.0718. The molecule has 0 aromatic carbocycles. The summed E-state index contributed by atoms with van der Waals surface area (Å²) < 4.78 is 2.31. The maximum atomic E-state index is 13.1. The molecule has 2 aromatic rings. The van der Waals surface area contributed by atoms with Crippen molar-refractivity contribution >= 4 is 11.8 Å². The molecule has 1 saturated heterocycles. The molecule has 27 heavy (non-hydrogen) atoms. The van der Waals surface area contributed by atoms with Gasteiger partial charge in [0.1, 0.15) is 0 Å². The molecular weight excluding hydrogens is 340 g/mol. The Morgan fingerprint density at radius 2 is 1.74 bits per heavy atom. The Bertz CT molecular complexity index is 855. The lowest BCUT2D eigenvalue weighted by Crippen LogP contribution is -2.37. The van der Waals surface area contributed by atoms with Crippen molar-refractivity contribution in [2.45, 2.75) is 39.2 Å². The fourth-order valence-corrected chi connectivity index (χ4v) is 4.05. The molecule has 0 unspecified atom stereocenters. The van der Waals surface area contributed by atoms with Crippen molar-refractivity contribution in [3.05, 3.63) is 53.1 Å². The highest BCUT2D eigenvalue weighted by Gasteiger charge is 2.30. The largest absolute Gasteiger partial charge is 0.345 e. The number of nitrogens with zero attached hydrogens (tertiary/aromatic N) is 4. The maximum absolute atomic E-state index is 13.1. The Morgan fingerprint density at radius 3 is 2.37 bits per heavy atom. The molecule has 3 heterocycles. The number of amides is 2. The number of carbonyl (C=O) groups excluding carboxylic acids is 2. The highest BCUT2D eigenvalue weighted by atomic mass is 16.2. The molecule has 142 valence electrons. The van der Waals surface area contributed by atoms with Crippen LogP contribution in [0, 0.1) is 13.8 Å². The fraction of sp³-hybridized carbons (Fsp3) is 0.476. The monoisotopic (exact) mass is 366 g/mol. The summed E-state index contributed by atoms with van der Waals surface area (Å²) >= 11 is 0. The summed E-state index contributed by atoms with van der Waals surface area (Å²) in [5.74, 6) is 0.0787. The van der Waals surface area contributed by atoms with Crippen molar-refractivity contribution < 1.29 is 9.59 Å². The Morgan fingerprint density at radius 1 is 1.04 bits per heavy atom. The molecular formula is C21H26N4O2. The van der Waals surface area contributed by atoms with Crippen LogP contribution in [0.1, 0.15) is 57.4 Å². The van der Waals surface area contributed by atoms with E-state index in [0.29, 0.717) is 37.8 Å².